The molecule has 4 rings (SSSR count). The number of anilines is 3. The molecule has 3 aromatic heterocycles. The highest BCUT2D eigenvalue weighted by molar-refractivity contribution is 5.98. The van der Waals surface area contributed by atoms with Gasteiger partial charge in [0.05, 0.1) is 35.5 Å². The number of rotatable bonds is 6. The third-order valence-electron chi connectivity index (χ3n) is 5.62. The monoisotopic (exact) mass is 468 g/mol. The first-order valence-corrected chi connectivity index (χ1v) is 10.6. The van der Waals surface area contributed by atoms with E-state index in [4.69, 9.17) is 11.5 Å². The molecule has 0 bridgehead atoms. The first-order chi connectivity index (χ1) is 16.2. The van der Waals surface area contributed by atoms with Crippen LogP contribution in [-0.4, -0.2) is 66.8 Å². The van der Waals surface area contributed by atoms with E-state index in [9.17, 15) is 14.0 Å². The molecular formula is C21H25FN10O2. The number of amides is 2. The lowest BCUT2D eigenvalue weighted by Gasteiger charge is -2.36. The predicted octanol–water partition coefficient (Wildman–Crippen LogP) is 0.707. The van der Waals surface area contributed by atoms with Crippen molar-refractivity contribution in [2.24, 2.45) is 11.5 Å². The fourth-order valence-electron chi connectivity index (χ4n) is 3.77. The molecule has 0 aliphatic carbocycles. The standard InChI is InChI=1S/C21H25FN10O2/c1-11-18(32-26-4-5-27-32)7-13(9-25-11)28-20-14(19(24)34)8-15(22)21(30-20)29-17-3-6-31(12(2)33)10-16(17)23/h4-5,7-9,16-17H,3,6,10,23H2,1-2H3,(H2,24,34)(H2,28,29,30)/t16-,17+/m1/s1. The van der Waals surface area contributed by atoms with E-state index < -0.39 is 17.8 Å². The lowest BCUT2D eigenvalue weighted by molar-refractivity contribution is -0.130. The summed E-state index contributed by atoms with van der Waals surface area (Å²) in [7, 11) is 0. The van der Waals surface area contributed by atoms with E-state index in [1.54, 1.807) is 24.1 Å². The molecule has 0 aromatic carbocycles. The number of piperidine rings is 1. The first-order valence-electron chi connectivity index (χ1n) is 10.6. The number of hydrogen-bond acceptors (Lipinski definition) is 9. The van der Waals surface area contributed by atoms with E-state index in [1.807, 2.05) is 0 Å². The van der Waals surface area contributed by atoms with Crippen LogP contribution >= 0.6 is 0 Å². The van der Waals surface area contributed by atoms with Gasteiger partial charge in [-0.05, 0) is 25.5 Å². The van der Waals surface area contributed by atoms with Crippen LogP contribution in [0.5, 0.6) is 0 Å². The number of nitrogens with zero attached hydrogens (tertiary/aromatic N) is 6. The number of pyridine rings is 2. The summed E-state index contributed by atoms with van der Waals surface area (Å²) < 4.78 is 14.8. The van der Waals surface area contributed by atoms with Gasteiger partial charge in [0, 0.05) is 32.1 Å². The van der Waals surface area contributed by atoms with Gasteiger partial charge >= 0.3 is 0 Å². The smallest absolute Gasteiger partial charge is 0.252 e. The van der Waals surface area contributed by atoms with Crippen LogP contribution in [0.1, 0.15) is 29.4 Å². The Morgan fingerprint density at radius 2 is 1.94 bits per heavy atom. The van der Waals surface area contributed by atoms with Gasteiger partial charge in [0.15, 0.2) is 11.6 Å². The largest absolute Gasteiger partial charge is 0.365 e. The lowest BCUT2D eigenvalue weighted by atomic mass is 10.00. The van der Waals surface area contributed by atoms with Crippen molar-refractivity contribution >= 4 is 29.1 Å². The molecule has 0 spiro atoms. The van der Waals surface area contributed by atoms with Crippen molar-refractivity contribution in [3.8, 4) is 5.69 Å². The molecule has 1 aliphatic rings. The SMILES string of the molecule is CC(=O)N1CC[C@H](Nc2nc(Nc3cnc(C)c(-n4nccn4)c3)c(C(N)=O)cc2F)[C@H](N)C1. The van der Waals surface area contributed by atoms with Gasteiger partial charge in [0.1, 0.15) is 11.5 Å². The molecule has 34 heavy (non-hydrogen) atoms. The molecule has 0 radical (unpaired) electrons. The Morgan fingerprint density at radius 1 is 1.21 bits per heavy atom. The van der Waals surface area contributed by atoms with Gasteiger partial charge in [-0.1, -0.05) is 0 Å². The Balaban J connectivity index is 1.62. The Kier molecular flexibility index (Phi) is 6.36. The second-order valence-electron chi connectivity index (χ2n) is 8.02. The van der Waals surface area contributed by atoms with Crippen LogP contribution in [0.25, 0.3) is 5.69 Å². The molecule has 0 unspecified atom stereocenters. The van der Waals surface area contributed by atoms with Crippen molar-refractivity contribution in [2.45, 2.75) is 32.4 Å². The molecule has 1 fully saturated rings. The number of nitrogens with one attached hydrogen (secondary N) is 2. The van der Waals surface area contributed by atoms with Crippen LogP contribution in [0.3, 0.4) is 0 Å². The fourth-order valence-corrected chi connectivity index (χ4v) is 3.77. The Bertz CT molecular complexity index is 1220. The van der Waals surface area contributed by atoms with Crippen LogP contribution in [0, 0.1) is 12.7 Å². The topological polar surface area (TPSA) is 170 Å². The third kappa shape index (κ3) is 4.78. The van der Waals surface area contributed by atoms with Gasteiger partial charge in [-0.25, -0.2) is 9.37 Å². The summed E-state index contributed by atoms with van der Waals surface area (Å²) in [5.74, 6) is -1.69. The number of aryl methyl sites for hydroxylation is 1. The maximum atomic E-state index is 14.8. The number of primary amides is 1. The Hall–Kier alpha value is -4.13. The number of carbonyl (C=O) groups is 2. The average molecular weight is 468 g/mol. The zero-order valence-electron chi connectivity index (χ0n) is 18.7. The van der Waals surface area contributed by atoms with Crippen LogP contribution in [0.4, 0.5) is 21.7 Å². The first kappa shape index (κ1) is 23.0. The summed E-state index contributed by atoms with van der Waals surface area (Å²) in [4.78, 5) is 35.3. The van der Waals surface area contributed by atoms with Crippen molar-refractivity contribution in [3.63, 3.8) is 0 Å². The van der Waals surface area contributed by atoms with Crippen molar-refractivity contribution in [1.29, 1.82) is 0 Å². The van der Waals surface area contributed by atoms with Gasteiger partial charge in [-0.2, -0.15) is 10.2 Å². The molecule has 6 N–H and O–H groups in total. The van der Waals surface area contributed by atoms with Gasteiger partial charge in [0.25, 0.3) is 5.91 Å². The molecule has 178 valence electrons. The third-order valence-corrected chi connectivity index (χ3v) is 5.62. The molecular weight excluding hydrogens is 443 g/mol. The van der Waals surface area contributed by atoms with Gasteiger partial charge in [0.2, 0.25) is 5.91 Å². The van der Waals surface area contributed by atoms with E-state index >= 15 is 0 Å². The van der Waals surface area contributed by atoms with Gasteiger partial charge in [-0.15, -0.1) is 4.80 Å². The number of aromatic nitrogens is 5. The van der Waals surface area contributed by atoms with E-state index in [1.165, 1.54) is 24.1 Å². The summed E-state index contributed by atoms with van der Waals surface area (Å²) in [6.07, 6.45) is 5.13. The number of halogens is 1. The Morgan fingerprint density at radius 3 is 2.59 bits per heavy atom. The van der Waals surface area contributed by atoms with Crippen molar-refractivity contribution in [1.82, 2.24) is 29.9 Å². The lowest BCUT2D eigenvalue weighted by Crippen LogP contribution is -2.55. The zero-order valence-corrected chi connectivity index (χ0v) is 18.7. The fraction of sp³-hybridized carbons (Fsp3) is 0.333. The average Bonchev–Trinajstić information content (AvgIpc) is 3.32. The Labute approximate surface area is 194 Å². The van der Waals surface area contributed by atoms with Crippen LogP contribution in [0.2, 0.25) is 0 Å². The predicted molar refractivity (Wildman–Crippen MR) is 122 cm³/mol. The molecule has 4 heterocycles. The highest BCUT2D eigenvalue weighted by atomic mass is 19.1. The van der Waals surface area contributed by atoms with Crippen LogP contribution in [0.15, 0.2) is 30.7 Å². The van der Waals surface area contributed by atoms with Crippen LogP contribution in [-0.2, 0) is 4.79 Å². The maximum absolute atomic E-state index is 14.8. The highest BCUT2D eigenvalue weighted by Gasteiger charge is 2.29. The minimum Gasteiger partial charge on any atom is -0.365 e. The second-order valence-corrected chi connectivity index (χ2v) is 8.02. The molecule has 0 saturated carbocycles. The summed E-state index contributed by atoms with van der Waals surface area (Å²) in [5.41, 5.74) is 13.3. The maximum Gasteiger partial charge on any atom is 0.252 e. The highest BCUT2D eigenvalue weighted by Crippen LogP contribution is 2.26. The molecule has 13 heteroatoms. The summed E-state index contributed by atoms with van der Waals surface area (Å²) in [6, 6.07) is 2.01. The molecule has 12 nitrogen and oxygen atoms in total. The minimum absolute atomic E-state index is 0.0520. The molecule has 3 aromatic rings. The van der Waals surface area contributed by atoms with Crippen LogP contribution < -0.4 is 22.1 Å². The summed E-state index contributed by atoms with van der Waals surface area (Å²) in [5, 5.41) is 14.2. The number of hydrogen-bond donors (Lipinski definition) is 4. The zero-order chi connectivity index (χ0) is 24.4. The minimum atomic E-state index is -0.846. The van der Waals surface area contributed by atoms with E-state index in [-0.39, 0.29) is 29.1 Å². The molecule has 2 atom stereocenters. The molecule has 1 aliphatic heterocycles. The van der Waals surface area contributed by atoms with Gasteiger partial charge < -0.3 is 27.0 Å². The normalized spacial score (nSPS) is 17.9. The van der Waals surface area contributed by atoms with Crippen molar-refractivity contribution < 1.29 is 14.0 Å². The van der Waals surface area contributed by atoms with E-state index in [2.05, 4.69) is 30.8 Å². The van der Waals surface area contributed by atoms with Crippen molar-refractivity contribution in [3.05, 3.63) is 47.8 Å². The molecule has 1 saturated heterocycles. The van der Waals surface area contributed by atoms with Crippen molar-refractivity contribution in [2.75, 3.05) is 23.7 Å². The molecule has 2 amide bonds. The number of nitrogens with two attached hydrogens (primary N) is 2. The van der Waals surface area contributed by atoms with E-state index in [0.717, 1.165) is 6.07 Å². The quantitative estimate of drug-likeness (QED) is 0.407. The van der Waals surface area contributed by atoms with Gasteiger partial charge in [-0.3, -0.25) is 14.6 Å². The van der Waals surface area contributed by atoms with E-state index in [0.29, 0.717) is 36.6 Å². The summed E-state index contributed by atoms with van der Waals surface area (Å²) in [6.45, 7) is 4.12. The number of likely N-dealkylation sites (tertiary alicyclic amines) is 1. The number of carbonyl (C=O) groups excluding carboxylic acids is 2. The summed E-state index contributed by atoms with van der Waals surface area (Å²) >= 11 is 0. The second kappa shape index (κ2) is 9.39.